The minimum atomic E-state index is -3.97. The predicted octanol–water partition coefficient (Wildman–Crippen LogP) is 5.81. The Kier molecular flexibility index (Phi) is 8.50. The molecule has 4 aromatic rings. The largest absolute Gasteiger partial charge is 0.317 e. The van der Waals surface area contributed by atoms with Crippen LogP contribution in [0.2, 0.25) is 0 Å². The summed E-state index contributed by atoms with van der Waals surface area (Å²) in [5.41, 5.74) is 6.66. The second kappa shape index (κ2) is 11.6. The van der Waals surface area contributed by atoms with Gasteiger partial charge in [-0.2, -0.15) is 5.10 Å². The zero-order valence-corrected chi connectivity index (χ0v) is 24.7. The molecule has 0 aliphatic rings. The van der Waals surface area contributed by atoms with Gasteiger partial charge in [0.2, 0.25) is 0 Å². The molecule has 1 heterocycles. The number of anilines is 1. The lowest BCUT2D eigenvalue weighted by atomic mass is 10.2. The molecule has 1 N–H and O–H groups in total. The Morgan fingerprint density at radius 3 is 2.35 bits per heavy atom. The molecule has 1 aromatic heterocycles. The molecule has 0 saturated heterocycles. The molecule has 0 aliphatic heterocycles. The topological polar surface area (TPSA) is 83.8 Å². The van der Waals surface area contributed by atoms with Crippen molar-refractivity contribution in [2.75, 3.05) is 10.8 Å². The molecule has 37 heavy (non-hydrogen) atoms. The van der Waals surface area contributed by atoms with Crippen LogP contribution >= 0.6 is 38.5 Å². The maximum absolute atomic E-state index is 13.4. The van der Waals surface area contributed by atoms with Gasteiger partial charge >= 0.3 is 0 Å². The number of para-hydroxylation sites is 1. The Morgan fingerprint density at radius 2 is 1.68 bits per heavy atom. The van der Waals surface area contributed by atoms with Gasteiger partial charge < -0.3 is 4.57 Å². The summed E-state index contributed by atoms with van der Waals surface area (Å²) in [4.78, 5) is 12.9. The van der Waals surface area contributed by atoms with E-state index in [4.69, 9.17) is 0 Å². The van der Waals surface area contributed by atoms with Gasteiger partial charge in [0.05, 0.1) is 22.5 Å². The van der Waals surface area contributed by atoms with E-state index in [1.165, 1.54) is 12.1 Å². The number of halogens is 2. The summed E-state index contributed by atoms with van der Waals surface area (Å²) in [6.07, 6.45) is 1.56. The number of nitrogens with zero attached hydrogens (tertiary/aromatic N) is 3. The summed E-state index contributed by atoms with van der Waals surface area (Å²) in [5.74, 6) is -0.561. The zero-order valence-electron chi connectivity index (χ0n) is 20.1. The molecule has 4 rings (SSSR count). The van der Waals surface area contributed by atoms with E-state index in [0.717, 1.165) is 35.0 Å². The number of hydrogen-bond acceptors (Lipinski definition) is 4. The number of amides is 1. The van der Waals surface area contributed by atoms with E-state index < -0.39 is 22.5 Å². The van der Waals surface area contributed by atoms with Crippen molar-refractivity contribution in [1.82, 2.24) is 9.99 Å². The second-order valence-electron chi connectivity index (χ2n) is 8.21. The lowest BCUT2D eigenvalue weighted by Gasteiger charge is -2.23. The smallest absolute Gasteiger partial charge is 0.264 e. The maximum Gasteiger partial charge on any atom is 0.264 e. The molecule has 0 saturated carbocycles. The van der Waals surface area contributed by atoms with Crippen molar-refractivity contribution < 1.29 is 13.2 Å². The first-order chi connectivity index (χ1) is 17.7. The molecular weight excluding hydrogens is 667 g/mol. The van der Waals surface area contributed by atoms with Crippen molar-refractivity contribution >= 4 is 66.4 Å². The molecule has 0 atom stereocenters. The fourth-order valence-corrected chi connectivity index (χ4v) is 6.17. The summed E-state index contributed by atoms with van der Waals surface area (Å²) < 4.78 is 31.9. The summed E-state index contributed by atoms with van der Waals surface area (Å²) in [6, 6.07) is 24.9. The van der Waals surface area contributed by atoms with E-state index in [2.05, 4.69) is 53.6 Å². The highest BCUT2D eigenvalue weighted by Gasteiger charge is 2.27. The summed E-state index contributed by atoms with van der Waals surface area (Å²) in [7, 11) is -3.97. The average Bonchev–Trinajstić information content (AvgIpc) is 3.16. The van der Waals surface area contributed by atoms with E-state index in [9.17, 15) is 13.2 Å². The van der Waals surface area contributed by atoms with Gasteiger partial charge in [-0.3, -0.25) is 9.10 Å². The Labute approximate surface area is 238 Å². The van der Waals surface area contributed by atoms with Gasteiger partial charge in [-0.05, 0) is 107 Å². The highest BCUT2D eigenvalue weighted by molar-refractivity contribution is 14.1. The van der Waals surface area contributed by atoms with Crippen LogP contribution in [0.1, 0.15) is 17.0 Å². The lowest BCUT2D eigenvalue weighted by molar-refractivity contribution is -0.119. The van der Waals surface area contributed by atoms with Crippen molar-refractivity contribution in [3.05, 3.63) is 110 Å². The molecule has 0 aliphatic carbocycles. The molecule has 0 unspecified atom stereocenters. The number of hydrogen-bond donors (Lipinski definition) is 1. The molecular formula is C27H24BrIN4O3S. The van der Waals surface area contributed by atoms with Gasteiger partial charge in [-0.1, -0.05) is 30.3 Å². The zero-order chi connectivity index (χ0) is 26.6. The van der Waals surface area contributed by atoms with Crippen LogP contribution in [-0.2, 0) is 14.8 Å². The molecule has 0 fully saturated rings. The normalized spacial score (nSPS) is 11.6. The molecule has 10 heteroatoms. The predicted molar refractivity (Wildman–Crippen MR) is 159 cm³/mol. The third-order valence-electron chi connectivity index (χ3n) is 5.69. The molecule has 7 nitrogen and oxygen atoms in total. The number of nitrogens with one attached hydrogen (secondary N) is 1. The van der Waals surface area contributed by atoms with Crippen molar-refractivity contribution in [2.24, 2.45) is 5.10 Å². The van der Waals surface area contributed by atoms with Crippen LogP contribution < -0.4 is 9.73 Å². The number of carbonyl (C=O) groups excluding carboxylic acids is 1. The van der Waals surface area contributed by atoms with Crippen LogP contribution in [-0.4, -0.2) is 31.7 Å². The van der Waals surface area contributed by atoms with E-state index >= 15 is 0 Å². The maximum atomic E-state index is 13.4. The number of aryl methyl sites for hydroxylation is 1. The number of rotatable bonds is 8. The SMILES string of the molecule is Cc1cc(/C=N\NC(=O)CN(c2ccc(I)cc2)S(=O)(=O)c2ccccc2)c(C)n1-c1ccccc1Br. The van der Waals surface area contributed by atoms with E-state index in [-0.39, 0.29) is 4.90 Å². The Hall–Kier alpha value is -2.96. The summed E-state index contributed by atoms with van der Waals surface area (Å²) in [5, 5.41) is 4.12. The van der Waals surface area contributed by atoms with Gasteiger partial charge in [-0.25, -0.2) is 13.8 Å². The number of hydrazone groups is 1. The van der Waals surface area contributed by atoms with Gasteiger partial charge in [0, 0.05) is 25.0 Å². The Bertz CT molecular complexity index is 1550. The minimum absolute atomic E-state index is 0.101. The standard InChI is InChI=1S/C27H24BrIN4O3S/c1-19-16-21(20(2)33(19)26-11-7-6-10-25(26)28)17-30-31-27(34)18-32(23-14-12-22(29)13-15-23)37(35,36)24-8-4-3-5-9-24/h3-17H,18H2,1-2H3,(H,31,34)/b30-17-. The van der Waals surface area contributed by atoms with E-state index in [1.807, 2.05) is 44.2 Å². The monoisotopic (exact) mass is 690 g/mol. The first-order valence-electron chi connectivity index (χ1n) is 11.3. The van der Waals surface area contributed by atoms with Crippen LogP contribution in [0.15, 0.2) is 99.4 Å². The lowest BCUT2D eigenvalue weighted by Crippen LogP contribution is -2.39. The van der Waals surface area contributed by atoms with Crippen molar-refractivity contribution in [3.8, 4) is 5.69 Å². The number of carbonyl (C=O) groups is 1. The second-order valence-corrected chi connectivity index (χ2v) is 12.2. The third-order valence-corrected chi connectivity index (χ3v) is 8.87. The highest BCUT2D eigenvalue weighted by atomic mass is 127. The first-order valence-corrected chi connectivity index (χ1v) is 14.6. The summed E-state index contributed by atoms with van der Waals surface area (Å²) in [6.45, 7) is 3.54. The third kappa shape index (κ3) is 6.13. The van der Waals surface area contributed by atoms with Crippen LogP contribution in [0, 0.1) is 17.4 Å². The highest BCUT2D eigenvalue weighted by Crippen LogP contribution is 2.26. The first kappa shape index (κ1) is 27.1. The molecule has 1 amide bonds. The van der Waals surface area contributed by atoms with E-state index in [1.54, 1.807) is 48.7 Å². The average molecular weight is 691 g/mol. The van der Waals surface area contributed by atoms with Gasteiger partial charge in [0.25, 0.3) is 15.9 Å². The van der Waals surface area contributed by atoms with Gasteiger partial charge in [0.15, 0.2) is 0 Å². The van der Waals surface area contributed by atoms with Crippen molar-refractivity contribution in [3.63, 3.8) is 0 Å². The molecule has 0 radical (unpaired) electrons. The summed E-state index contributed by atoms with van der Waals surface area (Å²) >= 11 is 5.74. The number of sulfonamides is 1. The van der Waals surface area contributed by atoms with Crippen LogP contribution in [0.3, 0.4) is 0 Å². The number of aromatic nitrogens is 1. The molecule has 3 aromatic carbocycles. The van der Waals surface area contributed by atoms with Crippen molar-refractivity contribution in [1.29, 1.82) is 0 Å². The van der Waals surface area contributed by atoms with Crippen molar-refractivity contribution in [2.45, 2.75) is 18.7 Å². The Balaban J connectivity index is 1.55. The van der Waals surface area contributed by atoms with Crippen LogP contribution in [0.25, 0.3) is 5.69 Å². The fraction of sp³-hybridized carbons (Fsp3) is 0.111. The minimum Gasteiger partial charge on any atom is -0.317 e. The quantitative estimate of drug-likeness (QED) is 0.144. The number of benzene rings is 3. The van der Waals surface area contributed by atoms with Crippen LogP contribution in [0.4, 0.5) is 5.69 Å². The molecule has 0 spiro atoms. The molecule has 190 valence electrons. The fourth-order valence-electron chi connectivity index (χ4n) is 3.90. The van der Waals surface area contributed by atoms with E-state index in [0.29, 0.717) is 5.69 Å². The molecule has 0 bridgehead atoms. The van der Waals surface area contributed by atoms with Crippen LogP contribution in [0.5, 0.6) is 0 Å². The van der Waals surface area contributed by atoms with Gasteiger partial charge in [0.1, 0.15) is 6.54 Å². The van der Waals surface area contributed by atoms with Gasteiger partial charge in [-0.15, -0.1) is 0 Å². The Morgan fingerprint density at radius 1 is 1.03 bits per heavy atom.